The number of nitrogens with zero attached hydrogens (tertiary/aromatic N) is 1. The second kappa shape index (κ2) is 6.51. The average Bonchev–Trinajstić information content (AvgIpc) is 3.09. The smallest absolute Gasteiger partial charge is 0.0558 e. The van der Waals surface area contributed by atoms with Crippen LogP contribution in [-0.4, -0.2) is 48.3 Å². The standard InChI is InChI=1S/C16H26N2O/c1-14(13-18(2)10-11-19)17-16(8-9-16)12-15-6-4-3-5-7-15/h3-7,14,17,19H,8-13H2,1-2H3/t14-/m1/s1. The summed E-state index contributed by atoms with van der Waals surface area (Å²) in [5.74, 6) is 0. The van der Waals surface area contributed by atoms with Gasteiger partial charge in [0.1, 0.15) is 0 Å². The third-order valence-electron chi connectivity index (χ3n) is 3.86. The minimum atomic E-state index is 0.235. The van der Waals surface area contributed by atoms with Gasteiger partial charge in [-0.05, 0) is 38.8 Å². The zero-order valence-corrected chi connectivity index (χ0v) is 12.1. The Balaban J connectivity index is 1.81. The first-order valence-electron chi connectivity index (χ1n) is 7.25. The zero-order valence-electron chi connectivity index (χ0n) is 12.1. The number of likely N-dealkylation sites (N-methyl/N-ethyl adjacent to an activating group) is 1. The number of nitrogens with one attached hydrogen (secondary N) is 1. The lowest BCUT2D eigenvalue weighted by atomic mass is 10.0. The highest BCUT2D eigenvalue weighted by Crippen LogP contribution is 2.39. The lowest BCUT2D eigenvalue weighted by Crippen LogP contribution is -2.45. The Morgan fingerprint density at radius 2 is 2.00 bits per heavy atom. The summed E-state index contributed by atoms with van der Waals surface area (Å²) in [6.07, 6.45) is 3.67. The van der Waals surface area contributed by atoms with E-state index in [2.05, 4.69) is 54.5 Å². The Hall–Kier alpha value is -0.900. The lowest BCUT2D eigenvalue weighted by molar-refractivity contribution is 0.206. The predicted molar refractivity (Wildman–Crippen MR) is 79.3 cm³/mol. The van der Waals surface area contributed by atoms with Crippen LogP contribution in [0.3, 0.4) is 0 Å². The van der Waals surface area contributed by atoms with Gasteiger partial charge < -0.3 is 15.3 Å². The van der Waals surface area contributed by atoms with Gasteiger partial charge in [-0.1, -0.05) is 30.3 Å². The van der Waals surface area contributed by atoms with E-state index in [-0.39, 0.29) is 6.61 Å². The topological polar surface area (TPSA) is 35.5 Å². The van der Waals surface area contributed by atoms with Gasteiger partial charge in [0.05, 0.1) is 6.61 Å². The quantitative estimate of drug-likeness (QED) is 0.748. The molecule has 1 aromatic rings. The Bertz CT molecular complexity index is 376. The van der Waals surface area contributed by atoms with Crippen LogP contribution in [0, 0.1) is 0 Å². The van der Waals surface area contributed by atoms with E-state index in [1.165, 1.54) is 18.4 Å². The first kappa shape index (κ1) is 14.5. The Morgan fingerprint density at radius 3 is 2.58 bits per heavy atom. The van der Waals surface area contributed by atoms with Gasteiger partial charge in [0.15, 0.2) is 0 Å². The highest BCUT2D eigenvalue weighted by Gasteiger charge is 2.43. The second-order valence-electron chi connectivity index (χ2n) is 5.97. The minimum absolute atomic E-state index is 0.235. The highest BCUT2D eigenvalue weighted by molar-refractivity contribution is 5.21. The molecule has 1 aliphatic rings. The Kier molecular flexibility index (Phi) is 4.97. The normalized spacial score (nSPS) is 18.5. The molecule has 19 heavy (non-hydrogen) atoms. The number of aliphatic hydroxyl groups excluding tert-OH is 1. The van der Waals surface area contributed by atoms with E-state index in [1.807, 2.05) is 0 Å². The molecule has 0 heterocycles. The van der Waals surface area contributed by atoms with Crippen LogP contribution in [-0.2, 0) is 6.42 Å². The molecule has 1 fully saturated rings. The number of benzene rings is 1. The lowest BCUT2D eigenvalue weighted by Gasteiger charge is -2.26. The first-order valence-corrected chi connectivity index (χ1v) is 7.25. The fraction of sp³-hybridized carbons (Fsp3) is 0.625. The first-order chi connectivity index (χ1) is 9.13. The van der Waals surface area contributed by atoms with Crippen molar-refractivity contribution in [2.45, 2.75) is 37.8 Å². The Labute approximate surface area is 116 Å². The van der Waals surface area contributed by atoms with E-state index in [9.17, 15) is 0 Å². The molecule has 2 rings (SSSR count). The molecule has 0 unspecified atom stereocenters. The molecule has 1 aliphatic carbocycles. The number of hydrogen-bond acceptors (Lipinski definition) is 3. The summed E-state index contributed by atoms with van der Waals surface area (Å²) >= 11 is 0. The van der Waals surface area contributed by atoms with Crippen molar-refractivity contribution in [3.63, 3.8) is 0 Å². The van der Waals surface area contributed by atoms with E-state index in [0.717, 1.165) is 19.5 Å². The van der Waals surface area contributed by atoms with Gasteiger partial charge >= 0.3 is 0 Å². The van der Waals surface area contributed by atoms with Crippen LogP contribution in [0.2, 0.25) is 0 Å². The van der Waals surface area contributed by atoms with E-state index < -0.39 is 0 Å². The van der Waals surface area contributed by atoms with Gasteiger partial charge in [0, 0.05) is 24.7 Å². The molecule has 0 radical (unpaired) electrons. The maximum Gasteiger partial charge on any atom is 0.0558 e. The molecular formula is C16H26N2O. The molecule has 1 saturated carbocycles. The van der Waals surface area contributed by atoms with Gasteiger partial charge in [0.2, 0.25) is 0 Å². The van der Waals surface area contributed by atoms with Crippen molar-refractivity contribution in [2.24, 2.45) is 0 Å². The van der Waals surface area contributed by atoms with Crippen molar-refractivity contribution in [3.8, 4) is 0 Å². The molecule has 3 heteroatoms. The summed E-state index contributed by atoms with van der Waals surface area (Å²) in [5.41, 5.74) is 1.74. The van der Waals surface area contributed by atoms with Crippen LogP contribution < -0.4 is 5.32 Å². The maximum atomic E-state index is 8.93. The van der Waals surface area contributed by atoms with Gasteiger partial charge in [-0.3, -0.25) is 0 Å². The van der Waals surface area contributed by atoms with E-state index >= 15 is 0 Å². The van der Waals surface area contributed by atoms with E-state index in [0.29, 0.717) is 11.6 Å². The third kappa shape index (κ3) is 4.60. The van der Waals surface area contributed by atoms with Crippen molar-refractivity contribution in [3.05, 3.63) is 35.9 Å². The Morgan fingerprint density at radius 1 is 1.32 bits per heavy atom. The molecule has 0 aliphatic heterocycles. The summed E-state index contributed by atoms with van der Waals surface area (Å²) in [5, 5.41) is 12.7. The van der Waals surface area contributed by atoms with Gasteiger partial charge in [-0.2, -0.15) is 0 Å². The minimum Gasteiger partial charge on any atom is -0.395 e. The van der Waals surface area contributed by atoms with Crippen LogP contribution in [0.5, 0.6) is 0 Å². The van der Waals surface area contributed by atoms with E-state index in [1.54, 1.807) is 0 Å². The summed E-state index contributed by atoms with van der Waals surface area (Å²) in [6.45, 7) is 4.20. The van der Waals surface area contributed by atoms with Gasteiger partial charge in [-0.25, -0.2) is 0 Å². The molecule has 2 N–H and O–H groups in total. The molecule has 1 aromatic carbocycles. The largest absolute Gasteiger partial charge is 0.395 e. The van der Waals surface area contributed by atoms with Crippen LogP contribution in [0.1, 0.15) is 25.3 Å². The fourth-order valence-corrected chi connectivity index (χ4v) is 2.81. The molecule has 0 bridgehead atoms. The summed E-state index contributed by atoms with van der Waals surface area (Å²) in [6, 6.07) is 11.2. The third-order valence-corrected chi connectivity index (χ3v) is 3.86. The summed E-state index contributed by atoms with van der Waals surface area (Å²) in [7, 11) is 2.06. The van der Waals surface area contributed by atoms with Gasteiger partial charge in [0.25, 0.3) is 0 Å². The number of aliphatic hydroxyl groups is 1. The van der Waals surface area contributed by atoms with Crippen LogP contribution >= 0.6 is 0 Å². The average molecular weight is 262 g/mol. The van der Waals surface area contributed by atoms with Crippen LogP contribution in [0.15, 0.2) is 30.3 Å². The molecule has 0 spiro atoms. The van der Waals surface area contributed by atoms with Crippen molar-refractivity contribution in [2.75, 3.05) is 26.7 Å². The molecule has 0 saturated heterocycles. The zero-order chi connectivity index (χ0) is 13.7. The summed E-state index contributed by atoms with van der Waals surface area (Å²) in [4.78, 5) is 2.18. The SMILES string of the molecule is C[C@H](CN(C)CCO)NC1(Cc2ccccc2)CC1. The molecule has 1 atom stereocenters. The van der Waals surface area contributed by atoms with Crippen LogP contribution in [0.25, 0.3) is 0 Å². The number of rotatable bonds is 8. The monoisotopic (exact) mass is 262 g/mol. The predicted octanol–water partition coefficient (Wildman–Crippen LogP) is 1.66. The molecule has 3 nitrogen and oxygen atoms in total. The molecule has 0 aromatic heterocycles. The highest BCUT2D eigenvalue weighted by atomic mass is 16.3. The second-order valence-corrected chi connectivity index (χ2v) is 5.97. The molecule has 106 valence electrons. The van der Waals surface area contributed by atoms with Gasteiger partial charge in [-0.15, -0.1) is 0 Å². The fourth-order valence-electron chi connectivity index (χ4n) is 2.81. The van der Waals surface area contributed by atoms with Crippen LogP contribution in [0.4, 0.5) is 0 Å². The molecule has 0 amide bonds. The van der Waals surface area contributed by atoms with E-state index in [4.69, 9.17) is 5.11 Å². The van der Waals surface area contributed by atoms with Crippen molar-refractivity contribution in [1.29, 1.82) is 0 Å². The van der Waals surface area contributed by atoms with Crippen molar-refractivity contribution in [1.82, 2.24) is 10.2 Å². The number of hydrogen-bond donors (Lipinski definition) is 2. The van der Waals surface area contributed by atoms with Crippen molar-refractivity contribution < 1.29 is 5.11 Å². The maximum absolute atomic E-state index is 8.93. The van der Waals surface area contributed by atoms with Crippen molar-refractivity contribution >= 4 is 0 Å². The summed E-state index contributed by atoms with van der Waals surface area (Å²) < 4.78 is 0. The molecular weight excluding hydrogens is 236 g/mol.